The number of esters is 2. The topological polar surface area (TPSA) is 205 Å². The second kappa shape index (κ2) is 37.7. The van der Waals surface area contributed by atoms with Crippen LogP contribution in [0.25, 0.3) is 0 Å². The highest BCUT2D eigenvalue weighted by Crippen LogP contribution is 2.33. The van der Waals surface area contributed by atoms with E-state index >= 15 is 0 Å². The summed E-state index contributed by atoms with van der Waals surface area (Å²) in [5.74, 6) is -2.59. The molecule has 98 heavy (non-hydrogen) atoms. The fourth-order valence-electron chi connectivity index (χ4n) is 11.5. The number of halogens is 6. The van der Waals surface area contributed by atoms with E-state index in [1.165, 1.54) is 47.6 Å². The molecule has 4 saturated heterocycles. The van der Waals surface area contributed by atoms with E-state index in [1.807, 2.05) is 91.5 Å². The van der Waals surface area contributed by atoms with E-state index < -0.39 is 23.9 Å². The zero-order valence-corrected chi connectivity index (χ0v) is 56.7. The molecule has 2 N–H and O–H groups in total. The molecule has 0 radical (unpaired) electrons. The lowest BCUT2D eigenvalue weighted by atomic mass is 9.88. The molecule has 0 bridgehead atoms. The molecular formula is C72H88F6N6O14. The summed E-state index contributed by atoms with van der Waals surface area (Å²) in [5, 5.41) is 6.62. The fraction of sp³-hybridized carbons (Fsp3) is 0.458. The summed E-state index contributed by atoms with van der Waals surface area (Å²) in [4.78, 5) is 63.7. The van der Waals surface area contributed by atoms with Crippen LogP contribution in [0, 0.1) is 25.7 Å². The molecule has 7 aliphatic rings. The number of carbonyl (C=O) groups excluding carboxylic acids is 5. The highest BCUT2D eigenvalue weighted by atomic mass is 19.4. The number of carbonyl (C=O) groups is 5. The van der Waals surface area contributed by atoms with Gasteiger partial charge in [-0.1, -0.05) is 48.6 Å². The number of ether oxygens (including phenoxy) is 9. The molecule has 0 aromatic heterocycles. The fourth-order valence-corrected chi connectivity index (χ4v) is 11.5. The SMILES string of the molecule is C1=CC2CNCC2C=C1CN1CCOCC1.C1COCCN1.COC(=O)c1ccc(C)c(C)c1.COC(=O)c1ccc2c(c1)CN(Cc1ccc(OC)cc1OC)C2.COc1ccc(CN2Cc3ccc(C(=O)N4CCOCC4)cc3C2)c(OC)c1.O=C(C(=O)C(F)(F)F)C(F)(F)F. The first kappa shape index (κ1) is 77.1. The zero-order chi connectivity index (χ0) is 70.9. The van der Waals surface area contributed by atoms with Crippen LogP contribution in [-0.4, -0.2) is 203 Å². The van der Waals surface area contributed by atoms with Crippen LogP contribution in [0.3, 0.4) is 0 Å². The number of nitrogens with one attached hydrogen (secondary N) is 2. The van der Waals surface area contributed by atoms with Gasteiger partial charge in [0.1, 0.15) is 23.0 Å². The van der Waals surface area contributed by atoms with E-state index in [0.717, 1.165) is 169 Å². The number of nitrogens with zero attached hydrogens (tertiary/aromatic N) is 4. The lowest BCUT2D eigenvalue weighted by molar-refractivity contribution is -0.193. The van der Waals surface area contributed by atoms with Crippen molar-refractivity contribution in [2.24, 2.45) is 11.8 Å². The first-order chi connectivity index (χ1) is 46.9. The monoisotopic (exact) mass is 1370 g/mol. The average molecular weight is 1380 g/mol. The van der Waals surface area contributed by atoms with Crippen molar-refractivity contribution in [3.63, 3.8) is 0 Å². The molecule has 6 heterocycles. The summed E-state index contributed by atoms with van der Waals surface area (Å²) in [6.45, 7) is 22.7. The molecule has 5 aromatic rings. The van der Waals surface area contributed by atoms with E-state index in [1.54, 1.807) is 34.5 Å². The molecule has 4 fully saturated rings. The van der Waals surface area contributed by atoms with Crippen molar-refractivity contribution in [3.8, 4) is 23.0 Å². The Labute approximate surface area is 568 Å². The lowest BCUT2D eigenvalue weighted by Gasteiger charge is -2.28. The zero-order valence-electron chi connectivity index (χ0n) is 56.7. The second-order valence-corrected chi connectivity index (χ2v) is 23.8. The number of Topliss-reactive ketones (excluding diaryl/α,β-unsaturated/α-hetero) is 2. The Bertz CT molecular complexity index is 3520. The smallest absolute Gasteiger partial charge is 0.458 e. The van der Waals surface area contributed by atoms with Gasteiger partial charge >= 0.3 is 35.9 Å². The first-order valence-electron chi connectivity index (χ1n) is 32.1. The molecule has 6 aliphatic heterocycles. The van der Waals surface area contributed by atoms with E-state index in [-0.39, 0.29) is 17.8 Å². The number of ketones is 2. The molecule has 12 rings (SSSR count). The third-order valence-corrected chi connectivity index (χ3v) is 17.0. The molecule has 0 spiro atoms. The number of rotatable bonds is 14. The lowest BCUT2D eigenvalue weighted by Crippen LogP contribution is -2.40. The number of amides is 1. The number of benzene rings is 5. The number of fused-ring (bicyclic) bond motifs is 3. The molecule has 26 heteroatoms. The van der Waals surface area contributed by atoms with Gasteiger partial charge in [-0.25, -0.2) is 9.59 Å². The number of hydrogen-bond acceptors (Lipinski definition) is 19. The maximum Gasteiger partial charge on any atom is 0.458 e. The van der Waals surface area contributed by atoms with Gasteiger partial charge in [-0.3, -0.25) is 29.1 Å². The summed E-state index contributed by atoms with van der Waals surface area (Å²) in [5.41, 5.74) is 12.9. The van der Waals surface area contributed by atoms with Crippen molar-refractivity contribution < 1.29 is 92.9 Å². The Hall–Kier alpha value is -8.21. The highest BCUT2D eigenvalue weighted by molar-refractivity contribution is 6.41. The van der Waals surface area contributed by atoms with E-state index in [9.17, 15) is 50.3 Å². The van der Waals surface area contributed by atoms with Crippen molar-refractivity contribution in [1.82, 2.24) is 30.2 Å². The quantitative estimate of drug-likeness (QED) is 0.0604. The van der Waals surface area contributed by atoms with Crippen LogP contribution in [0.2, 0.25) is 0 Å². The molecule has 2 atom stereocenters. The molecule has 1 aliphatic carbocycles. The predicted octanol–water partition coefficient (Wildman–Crippen LogP) is 9.29. The van der Waals surface area contributed by atoms with Crippen molar-refractivity contribution >= 4 is 29.4 Å². The maximum atomic E-state index is 12.7. The molecule has 0 saturated carbocycles. The second-order valence-electron chi connectivity index (χ2n) is 23.8. The van der Waals surface area contributed by atoms with Crippen LogP contribution < -0.4 is 29.6 Å². The summed E-state index contributed by atoms with van der Waals surface area (Å²) >= 11 is 0. The molecule has 532 valence electrons. The summed E-state index contributed by atoms with van der Waals surface area (Å²) in [6, 6.07) is 29.2. The van der Waals surface area contributed by atoms with Crippen LogP contribution >= 0.6 is 0 Å². The minimum Gasteiger partial charge on any atom is -0.497 e. The maximum absolute atomic E-state index is 12.7. The first-order valence-corrected chi connectivity index (χ1v) is 32.1. The molecular weight excluding hydrogens is 1290 g/mol. The van der Waals surface area contributed by atoms with Crippen molar-refractivity contribution in [2.45, 2.75) is 65.5 Å². The largest absolute Gasteiger partial charge is 0.497 e. The Morgan fingerprint density at radius 1 is 0.480 bits per heavy atom. The number of morpholine rings is 3. The molecule has 5 aromatic carbocycles. The van der Waals surface area contributed by atoms with Crippen molar-refractivity contribution in [1.29, 1.82) is 0 Å². The van der Waals surface area contributed by atoms with Crippen molar-refractivity contribution in [2.75, 3.05) is 141 Å². The van der Waals surface area contributed by atoms with Gasteiger partial charge in [0.2, 0.25) is 0 Å². The van der Waals surface area contributed by atoms with Crippen LogP contribution in [0.5, 0.6) is 23.0 Å². The van der Waals surface area contributed by atoms with Crippen LogP contribution in [-0.2, 0) is 72.5 Å². The van der Waals surface area contributed by atoms with Crippen LogP contribution in [0.1, 0.15) is 75.6 Å². The standard InChI is InChI=1S/C22H26N2O4.C19H21NO4.C13H20N2O.C10H12O2.C4F6O2.C4H9NO/c1-26-20-6-5-18(21(12-20)27-2)14-23-13-17-4-3-16(11-19(17)15-23)22(25)24-7-9-28-10-8-24;1-22-17-7-6-15(18(9-17)23-2)11-20-10-14-5-4-13(19(21)24-3)8-16(14)12-20;1-2-12-8-14-9-13(12)7-11(1)10-15-3-5-16-6-4-15;1-7-4-5-9(6-8(7)2)10(11)12-3;5-3(6,7)1(11)2(12)4(8,9)10;1-3-6-4-2-5-1/h3-6,11-12H,7-10,13-15H2,1-2H3;4-9H,10-12H2,1-3H3;1-2,7,12-14H,3-6,8-10H2;4-6H,1-3H3;;5H,1-4H2. The minimum absolute atomic E-state index is 0.0985. The van der Waals surface area contributed by atoms with Crippen LogP contribution in [0.4, 0.5) is 26.3 Å². The Morgan fingerprint density at radius 2 is 0.939 bits per heavy atom. The minimum atomic E-state index is -5.77. The third-order valence-electron chi connectivity index (χ3n) is 17.0. The Balaban J connectivity index is 0.000000175. The third kappa shape index (κ3) is 22.9. The number of alkyl halides is 6. The molecule has 1 amide bonds. The van der Waals surface area contributed by atoms with Crippen molar-refractivity contribution in [3.05, 3.63) is 176 Å². The number of methoxy groups -OCH3 is 6. The van der Waals surface area contributed by atoms with E-state index in [2.05, 4.69) is 60.4 Å². The van der Waals surface area contributed by atoms with Gasteiger partial charge in [0.05, 0.1) is 93.4 Å². The summed E-state index contributed by atoms with van der Waals surface area (Å²) in [7, 11) is 9.43. The average Bonchev–Trinajstić information content (AvgIpc) is 1.65. The van der Waals surface area contributed by atoms with Gasteiger partial charge in [-0.15, -0.1) is 0 Å². The van der Waals surface area contributed by atoms with Gasteiger partial charge < -0.3 is 58.2 Å². The highest BCUT2D eigenvalue weighted by Gasteiger charge is 2.54. The van der Waals surface area contributed by atoms with Gasteiger partial charge in [0, 0.05) is 127 Å². The Kier molecular flexibility index (Phi) is 29.7. The van der Waals surface area contributed by atoms with Gasteiger partial charge in [0.15, 0.2) is 0 Å². The van der Waals surface area contributed by atoms with Gasteiger partial charge in [0.25, 0.3) is 5.91 Å². The van der Waals surface area contributed by atoms with Crippen LogP contribution in [0.15, 0.2) is 115 Å². The van der Waals surface area contributed by atoms with Gasteiger partial charge in [-0.2, -0.15) is 26.3 Å². The molecule has 20 nitrogen and oxygen atoms in total. The van der Waals surface area contributed by atoms with E-state index in [4.69, 9.17) is 37.9 Å². The predicted molar refractivity (Wildman–Crippen MR) is 353 cm³/mol. The Morgan fingerprint density at radius 3 is 1.40 bits per heavy atom. The summed E-state index contributed by atoms with van der Waals surface area (Å²) < 4.78 is 114. The normalized spacial score (nSPS) is 18.0. The van der Waals surface area contributed by atoms with E-state index in [0.29, 0.717) is 37.4 Å². The number of hydrogen-bond donors (Lipinski definition) is 2. The summed E-state index contributed by atoms with van der Waals surface area (Å²) in [6.07, 6.45) is -4.36. The van der Waals surface area contributed by atoms with Gasteiger partial charge in [-0.05, 0) is 113 Å². The molecule has 2 unspecified atom stereocenters. The number of aryl methyl sites for hydroxylation is 2.